The highest BCUT2D eigenvalue weighted by Gasteiger charge is 2.51. The number of benzene rings is 1. The highest BCUT2D eigenvalue weighted by molar-refractivity contribution is 6.67. The van der Waals surface area contributed by atoms with E-state index in [0.717, 1.165) is 5.56 Å². The van der Waals surface area contributed by atoms with Crippen LogP contribution < -0.4 is 4.74 Å². The zero-order valence-corrected chi connectivity index (χ0v) is 13.1. The van der Waals surface area contributed by atoms with E-state index in [1.54, 1.807) is 0 Å². The van der Waals surface area contributed by atoms with Crippen molar-refractivity contribution in [3.63, 3.8) is 0 Å². The number of alkyl halides is 3. The molecule has 1 aliphatic heterocycles. The molecule has 2 rings (SSSR count). The maximum absolute atomic E-state index is 5.85. The van der Waals surface area contributed by atoms with Gasteiger partial charge in [0.2, 0.25) is 0 Å². The minimum atomic E-state index is -1.35. The molecule has 0 N–H and O–H groups in total. The Bertz CT molecular complexity index is 484. The Labute approximate surface area is 132 Å². The van der Waals surface area contributed by atoms with Gasteiger partial charge in [-0.3, -0.25) is 0 Å². The van der Waals surface area contributed by atoms with Gasteiger partial charge in [0.25, 0.3) is 0 Å². The van der Waals surface area contributed by atoms with Crippen LogP contribution in [0.1, 0.15) is 12.0 Å². The molecule has 0 aromatic heterocycles. The number of epoxide rings is 1. The summed E-state index contributed by atoms with van der Waals surface area (Å²) in [5.41, 5.74) is 0.413. The van der Waals surface area contributed by atoms with Crippen LogP contribution in [0.4, 0.5) is 0 Å². The monoisotopic (exact) mass is 337 g/mol. The summed E-state index contributed by atoms with van der Waals surface area (Å²) < 4.78 is 9.67. The normalized spacial score (nSPS) is 22.0. The zero-order valence-electron chi connectivity index (χ0n) is 10.8. The van der Waals surface area contributed by atoms with Crippen molar-refractivity contribution in [1.82, 2.24) is 0 Å². The summed E-state index contributed by atoms with van der Waals surface area (Å²) in [5.74, 6) is 0.698. The summed E-state index contributed by atoms with van der Waals surface area (Å²) in [5, 5.41) is 3.59. The first-order chi connectivity index (χ1) is 9.45. The van der Waals surface area contributed by atoms with E-state index in [4.69, 9.17) is 44.3 Å². The van der Waals surface area contributed by atoms with Crippen molar-refractivity contribution in [2.24, 2.45) is 5.16 Å². The van der Waals surface area contributed by atoms with Crippen molar-refractivity contribution in [2.75, 3.05) is 20.3 Å². The van der Waals surface area contributed by atoms with Crippen molar-refractivity contribution in [3.05, 3.63) is 29.8 Å². The molecule has 1 atom stereocenters. The Morgan fingerprint density at radius 2 is 2.20 bits per heavy atom. The topological polar surface area (TPSA) is 43.4 Å². The fraction of sp³-hybridized carbons (Fsp3) is 0.462. The van der Waals surface area contributed by atoms with Gasteiger partial charge in [0.05, 0.1) is 12.8 Å². The van der Waals surface area contributed by atoms with Gasteiger partial charge in [-0.2, -0.15) is 0 Å². The molecule has 1 aliphatic rings. The molecule has 1 aromatic rings. The third kappa shape index (κ3) is 4.42. The Balaban J connectivity index is 2.04. The number of nitrogens with zero attached hydrogens (tertiary/aromatic N) is 1. The van der Waals surface area contributed by atoms with E-state index in [-0.39, 0.29) is 0 Å². The lowest BCUT2D eigenvalue weighted by molar-refractivity contribution is 0.212. The number of rotatable bonds is 6. The minimum absolute atomic E-state index is 0.305. The lowest BCUT2D eigenvalue weighted by Gasteiger charge is -2.18. The molecule has 110 valence electrons. The summed E-state index contributed by atoms with van der Waals surface area (Å²) >= 11 is 17.6. The zero-order chi connectivity index (χ0) is 14.6. The van der Waals surface area contributed by atoms with Gasteiger partial charge in [0.15, 0.2) is 3.79 Å². The molecule has 0 amide bonds. The summed E-state index contributed by atoms with van der Waals surface area (Å²) in [4.78, 5) is 4.55. The lowest BCUT2D eigenvalue weighted by Crippen LogP contribution is -2.18. The van der Waals surface area contributed by atoms with Crippen LogP contribution in [0.3, 0.4) is 0 Å². The fourth-order valence-electron chi connectivity index (χ4n) is 1.89. The molecular formula is C13H14Cl3NO3. The second-order valence-corrected chi connectivity index (χ2v) is 6.90. The molecule has 0 spiro atoms. The van der Waals surface area contributed by atoms with Gasteiger partial charge >= 0.3 is 0 Å². The fourth-order valence-corrected chi connectivity index (χ4v) is 2.54. The predicted octanol–water partition coefficient (Wildman–Crippen LogP) is 3.68. The van der Waals surface area contributed by atoms with Crippen LogP contribution in [0.15, 0.2) is 29.4 Å². The summed E-state index contributed by atoms with van der Waals surface area (Å²) in [7, 11) is 1.47. The molecule has 0 aliphatic carbocycles. The van der Waals surface area contributed by atoms with Crippen LogP contribution in [-0.4, -0.2) is 30.3 Å². The van der Waals surface area contributed by atoms with E-state index < -0.39 is 9.39 Å². The van der Waals surface area contributed by atoms with E-state index in [9.17, 15) is 0 Å². The molecular weight excluding hydrogens is 325 g/mol. The SMILES string of the molecule is CON=CCOc1cccc(C2(CC(Cl)(Cl)Cl)CO2)c1. The smallest absolute Gasteiger partial charge is 0.193 e. The number of hydrogen-bond donors (Lipinski definition) is 0. The molecule has 4 nitrogen and oxygen atoms in total. The third-order valence-corrected chi connectivity index (χ3v) is 3.24. The van der Waals surface area contributed by atoms with Crippen LogP contribution in [0, 0.1) is 0 Å². The molecule has 20 heavy (non-hydrogen) atoms. The first-order valence-corrected chi connectivity index (χ1v) is 7.08. The second-order valence-electron chi connectivity index (χ2n) is 4.38. The average molecular weight is 339 g/mol. The van der Waals surface area contributed by atoms with Gasteiger partial charge in [-0.05, 0) is 17.7 Å². The molecule has 1 fully saturated rings. The van der Waals surface area contributed by atoms with Crippen molar-refractivity contribution < 1.29 is 14.3 Å². The number of hydrogen-bond acceptors (Lipinski definition) is 4. The highest BCUT2D eigenvalue weighted by Crippen LogP contribution is 2.50. The lowest BCUT2D eigenvalue weighted by atomic mass is 9.97. The molecule has 1 aromatic carbocycles. The maximum atomic E-state index is 5.85. The summed E-state index contributed by atoms with van der Waals surface area (Å²) in [6.45, 7) is 0.852. The van der Waals surface area contributed by atoms with E-state index in [1.165, 1.54) is 13.3 Å². The van der Waals surface area contributed by atoms with Gasteiger partial charge in [-0.25, -0.2) is 0 Å². The van der Waals surface area contributed by atoms with Gasteiger partial charge in [-0.1, -0.05) is 52.1 Å². The Hall–Kier alpha value is -0.680. The van der Waals surface area contributed by atoms with Crippen LogP contribution in [-0.2, 0) is 15.2 Å². The standard InChI is InChI=1S/C13H14Cl3NO3/c1-18-17-5-6-19-11-4-2-3-10(7-11)12(9-20-12)8-13(14,15)16/h2-5,7H,6,8-9H2,1H3. The first-order valence-electron chi connectivity index (χ1n) is 5.94. The van der Waals surface area contributed by atoms with E-state index in [2.05, 4.69) is 9.99 Å². The third-order valence-electron chi connectivity index (χ3n) is 2.84. The average Bonchev–Trinajstić information content (AvgIpc) is 3.14. The quantitative estimate of drug-likeness (QED) is 0.344. The van der Waals surface area contributed by atoms with Crippen LogP contribution in [0.5, 0.6) is 5.75 Å². The molecule has 7 heteroatoms. The highest BCUT2D eigenvalue weighted by atomic mass is 35.6. The van der Waals surface area contributed by atoms with Gasteiger partial charge in [-0.15, -0.1) is 0 Å². The molecule has 0 radical (unpaired) electrons. The van der Waals surface area contributed by atoms with E-state index in [0.29, 0.717) is 25.4 Å². The van der Waals surface area contributed by atoms with E-state index in [1.807, 2.05) is 24.3 Å². The Morgan fingerprint density at radius 1 is 1.45 bits per heavy atom. The van der Waals surface area contributed by atoms with Gasteiger partial charge in [0, 0.05) is 6.42 Å². The van der Waals surface area contributed by atoms with Crippen molar-refractivity contribution in [3.8, 4) is 5.75 Å². The maximum Gasteiger partial charge on any atom is 0.193 e. The summed E-state index contributed by atoms with van der Waals surface area (Å²) in [6.07, 6.45) is 1.83. The predicted molar refractivity (Wildman–Crippen MR) is 80.0 cm³/mol. The molecule has 0 saturated carbocycles. The van der Waals surface area contributed by atoms with Gasteiger partial charge < -0.3 is 14.3 Å². The molecule has 1 heterocycles. The molecule has 1 unspecified atom stereocenters. The van der Waals surface area contributed by atoms with Crippen LogP contribution in [0.25, 0.3) is 0 Å². The summed E-state index contributed by atoms with van der Waals surface area (Å²) in [6, 6.07) is 7.53. The molecule has 1 saturated heterocycles. The van der Waals surface area contributed by atoms with Crippen molar-refractivity contribution >= 4 is 41.0 Å². The number of halogens is 3. The van der Waals surface area contributed by atoms with Crippen molar-refractivity contribution in [2.45, 2.75) is 15.8 Å². The van der Waals surface area contributed by atoms with E-state index >= 15 is 0 Å². The Kier molecular flexibility index (Phi) is 5.02. The number of oxime groups is 1. The minimum Gasteiger partial charge on any atom is -0.488 e. The van der Waals surface area contributed by atoms with Gasteiger partial charge in [0.1, 0.15) is 25.1 Å². The second kappa shape index (κ2) is 6.39. The number of ether oxygens (including phenoxy) is 2. The Morgan fingerprint density at radius 3 is 2.80 bits per heavy atom. The van der Waals surface area contributed by atoms with Crippen molar-refractivity contribution in [1.29, 1.82) is 0 Å². The first kappa shape index (κ1) is 15.7. The molecule has 0 bridgehead atoms. The van der Waals surface area contributed by atoms with Crippen LogP contribution >= 0.6 is 34.8 Å². The van der Waals surface area contributed by atoms with Crippen LogP contribution in [0.2, 0.25) is 0 Å². The largest absolute Gasteiger partial charge is 0.488 e.